The van der Waals surface area contributed by atoms with Crippen LogP contribution < -0.4 is 5.32 Å². The van der Waals surface area contributed by atoms with Gasteiger partial charge in [-0.25, -0.2) is 4.98 Å². The fraction of sp³-hybridized carbons (Fsp3) is 0. The van der Waals surface area contributed by atoms with Crippen molar-refractivity contribution in [2.45, 2.75) is 0 Å². The average molecular weight is 418 g/mol. The molecule has 122 valence electrons. The number of benzene rings is 2. The van der Waals surface area contributed by atoms with Crippen molar-refractivity contribution >= 4 is 68.8 Å². The van der Waals surface area contributed by atoms with Crippen LogP contribution in [-0.4, -0.2) is 10.9 Å². The third-order valence-electron chi connectivity index (χ3n) is 3.11. The van der Waals surface area contributed by atoms with E-state index in [0.717, 1.165) is 5.56 Å². The molecule has 1 N–H and O–H groups in total. The first-order chi connectivity index (χ1) is 11.4. The minimum Gasteiger partial charge on any atom is -0.298 e. The van der Waals surface area contributed by atoms with Gasteiger partial charge in [-0.3, -0.25) is 10.1 Å². The maximum Gasteiger partial charge on any atom is 0.258 e. The van der Waals surface area contributed by atoms with Crippen molar-refractivity contribution in [1.29, 1.82) is 0 Å². The summed E-state index contributed by atoms with van der Waals surface area (Å²) in [5.74, 6) is -0.361. The van der Waals surface area contributed by atoms with Gasteiger partial charge in [0.2, 0.25) is 0 Å². The summed E-state index contributed by atoms with van der Waals surface area (Å²) in [6, 6.07) is 9.82. The van der Waals surface area contributed by atoms with Crippen molar-refractivity contribution in [3.05, 3.63) is 67.4 Å². The Labute approximate surface area is 162 Å². The third-order valence-corrected chi connectivity index (χ3v) is 4.96. The summed E-state index contributed by atoms with van der Waals surface area (Å²) in [7, 11) is 0. The number of halogens is 4. The van der Waals surface area contributed by atoms with Crippen molar-refractivity contribution in [3.8, 4) is 11.3 Å². The molecule has 2 aromatic carbocycles. The Kier molecular flexibility index (Phi) is 5.33. The normalized spacial score (nSPS) is 10.7. The van der Waals surface area contributed by atoms with Crippen LogP contribution in [0.3, 0.4) is 0 Å². The highest BCUT2D eigenvalue weighted by atomic mass is 35.5. The largest absolute Gasteiger partial charge is 0.298 e. The molecule has 8 heteroatoms. The lowest BCUT2D eigenvalue weighted by Crippen LogP contribution is -2.12. The molecule has 1 amide bonds. The highest BCUT2D eigenvalue weighted by Crippen LogP contribution is 2.32. The number of aromatic nitrogens is 1. The Morgan fingerprint density at radius 3 is 2.29 bits per heavy atom. The molecule has 0 saturated carbocycles. The number of hydrogen-bond acceptors (Lipinski definition) is 3. The molecule has 1 heterocycles. The van der Waals surface area contributed by atoms with Crippen LogP contribution in [0.15, 0.2) is 41.8 Å². The molecule has 0 aliphatic rings. The minimum atomic E-state index is -0.361. The number of hydrogen-bond donors (Lipinski definition) is 1. The van der Waals surface area contributed by atoms with Crippen LogP contribution in [0.2, 0.25) is 20.1 Å². The first kappa shape index (κ1) is 17.5. The van der Waals surface area contributed by atoms with Gasteiger partial charge in [0.1, 0.15) is 0 Å². The molecule has 0 atom stereocenters. The molecule has 0 aliphatic heterocycles. The molecule has 0 aliphatic carbocycles. The lowest BCUT2D eigenvalue weighted by Gasteiger charge is -2.04. The first-order valence-corrected chi connectivity index (χ1v) is 9.00. The monoisotopic (exact) mass is 416 g/mol. The molecular formula is C16H8Cl4N2OS. The van der Waals surface area contributed by atoms with Gasteiger partial charge >= 0.3 is 0 Å². The second-order valence-electron chi connectivity index (χ2n) is 4.74. The molecular weight excluding hydrogens is 410 g/mol. The van der Waals surface area contributed by atoms with Gasteiger partial charge in [0, 0.05) is 21.0 Å². The minimum absolute atomic E-state index is 0.275. The lowest BCUT2D eigenvalue weighted by atomic mass is 10.2. The zero-order chi connectivity index (χ0) is 17.3. The van der Waals surface area contributed by atoms with E-state index in [9.17, 15) is 4.79 Å². The van der Waals surface area contributed by atoms with Gasteiger partial charge in [-0.05, 0) is 36.4 Å². The quantitative estimate of drug-likeness (QED) is 0.516. The van der Waals surface area contributed by atoms with Crippen LogP contribution in [0.5, 0.6) is 0 Å². The summed E-state index contributed by atoms with van der Waals surface area (Å²) in [6.45, 7) is 0. The predicted molar refractivity (Wildman–Crippen MR) is 102 cm³/mol. The summed E-state index contributed by atoms with van der Waals surface area (Å²) in [4.78, 5) is 16.7. The molecule has 0 fully saturated rings. The van der Waals surface area contributed by atoms with E-state index in [1.807, 2.05) is 0 Å². The smallest absolute Gasteiger partial charge is 0.258 e. The topological polar surface area (TPSA) is 42.0 Å². The molecule has 3 rings (SSSR count). The molecule has 0 bridgehead atoms. The second-order valence-corrected chi connectivity index (χ2v) is 7.29. The van der Waals surface area contributed by atoms with Gasteiger partial charge in [-0.1, -0.05) is 46.4 Å². The van der Waals surface area contributed by atoms with Gasteiger partial charge in [0.25, 0.3) is 5.91 Å². The van der Waals surface area contributed by atoms with E-state index in [1.54, 1.807) is 35.7 Å². The fourth-order valence-corrected chi connectivity index (χ4v) is 3.70. The van der Waals surface area contributed by atoms with Gasteiger partial charge in [0.15, 0.2) is 5.13 Å². The number of thiazole rings is 1. The highest BCUT2D eigenvalue weighted by molar-refractivity contribution is 7.14. The summed E-state index contributed by atoms with van der Waals surface area (Å²) in [6.07, 6.45) is 0. The zero-order valence-electron chi connectivity index (χ0n) is 11.8. The van der Waals surface area contributed by atoms with Crippen molar-refractivity contribution in [2.75, 3.05) is 5.32 Å². The molecule has 0 spiro atoms. The maximum absolute atomic E-state index is 12.3. The summed E-state index contributed by atoms with van der Waals surface area (Å²) >= 11 is 25.2. The SMILES string of the molecule is O=C(Nc1nc(-c2ccc(Cl)cc2Cl)cs1)c1ccc(Cl)cc1Cl. The molecule has 3 nitrogen and oxygen atoms in total. The van der Waals surface area contributed by atoms with Crippen molar-refractivity contribution in [2.24, 2.45) is 0 Å². The number of nitrogens with zero attached hydrogens (tertiary/aromatic N) is 1. The van der Waals surface area contributed by atoms with Crippen molar-refractivity contribution < 1.29 is 4.79 Å². The molecule has 3 aromatic rings. The van der Waals surface area contributed by atoms with Crippen LogP contribution in [0, 0.1) is 0 Å². The fourth-order valence-electron chi connectivity index (χ4n) is 1.99. The lowest BCUT2D eigenvalue weighted by molar-refractivity contribution is 0.102. The number of amides is 1. The highest BCUT2D eigenvalue weighted by Gasteiger charge is 2.14. The standard InChI is InChI=1S/C16H8Cl4N2OS/c17-8-1-3-10(12(19)5-8)14-7-24-16(21-14)22-15(23)11-4-2-9(18)6-13(11)20/h1-7H,(H,21,22,23). The molecule has 0 unspecified atom stereocenters. The van der Waals surface area contributed by atoms with Gasteiger partial charge in [0.05, 0.1) is 21.3 Å². The summed E-state index contributed by atoms with van der Waals surface area (Å²) < 4.78 is 0. The molecule has 1 aromatic heterocycles. The first-order valence-electron chi connectivity index (χ1n) is 6.61. The van der Waals surface area contributed by atoms with E-state index in [4.69, 9.17) is 46.4 Å². The van der Waals surface area contributed by atoms with Gasteiger partial charge in [-0.2, -0.15) is 0 Å². The van der Waals surface area contributed by atoms with Crippen LogP contribution in [-0.2, 0) is 0 Å². The van der Waals surface area contributed by atoms with E-state index in [2.05, 4.69) is 10.3 Å². The average Bonchev–Trinajstić information content (AvgIpc) is 2.95. The second kappa shape index (κ2) is 7.30. The summed E-state index contributed by atoms with van der Waals surface area (Å²) in [5.41, 5.74) is 1.71. The van der Waals surface area contributed by atoms with E-state index in [-0.39, 0.29) is 10.9 Å². The molecule has 24 heavy (non-hydrogen) atoms. The number of carbonyl (C=O) groups excluding carboxylic acids is 1. The third kappa shape index (κ3) is 3.85. The Balaban J connectivity index is 1.82. The van der Waals surface area contributed by atoms with E-state index in [1.165, 1.54) is 17.4 Å². The van der Waals surface area contributed by atoms with Crippen molar-refractivity contribution in [1.82, 2.24) is 4.98 Å². The van der Waals surface area contributed by atoms with Gasteiger partial charge in [-0.15, -0.1) is 11.3 Å². The van der Waals surface area contributed by atoms with E-state index < -0.39 is 0 Å². The van der Waals surface area contributed by atoms with Crippen LogP contribution >= 0.6 is 57.7 Å². The molecule has 0 saturated heterocycles. The Morgan fingerprint density at radius 2 is 1.62 bits per heavy atom. The zero-order valence-corrected chi connectivity index (χ0v) is 15.7. The number of rotatable bonds is 3. The Morgan fingerprint density at radius 1 is 0.958 bits per heavy atom. The van der Waals surface area contributed by atoms with E-state index in [0.29, 0.717) is 31.5 Å². The van der Waals surface area contributed by atoms with Gasteiger partial charge < -0.3 is 0 Å². The molecule has 0 radical (unpaired) electrons. The Bertz CT molecular complexity index is 926. The maximum atomic E-state index is 12.3. The van der Waals surface area contributed by atoms with Crippen LogP contribution in [0.1, 0.15) is 10.4 Å². The number of nitrogens with one attached hydrogen (secondary N) is 1. The number of anilines is 1. The van der Waals surface area contributed by atoms with Crippen LogP contribution in [0.25, 0.3) is 11.3 Å². The predicted octanol–water partition coefficient (Wildman–Crippen LogP) is 6.68. The number of carbonyl (C=O) groups is 1. The van der Waals surface area contributed by atoms with Crippen LogP contribution in [0.4, 0.5) is 5.13 Å². The van der Waals surface area contributed by atoms with Crippen molar-refractivity contribution in [3.63, 3.8) is 0 Å². The Hall–Kier alpha value is -1.30. The van der Waals surface area contributed by atoms with E-state index >= 15 is 0 Å². The summed E-state index contributed by atoms with van der Waals surface area (Å²) in [5, 5.41) is 6.73.